The Bertz CT molecular complexity index is 1000. The quantitative estimate of drug-likeness (QED) is 0.402. The lowest BCUT2D eigenvalue weighted by Crippen LogP contribution is -2.22. The molecule has 6 heteroatoms. The maximum absolute atomic E-state index is 12.8. The van der Waals surface area contributed by atoms with Crippen molar-refractivity contribution < 1.29 is 28.5 Å². The van der Waals surface area contributed by atoms with Gasteiger partial charge in [0.25, 0.3) is 0 Å². The van der Waals surface area contributed by atoms with Crippen LogP contribution < -0.4 is 18.9 Å². The van der Waals surface area contributed by atoms with Crippen LogP contribution in [0.15, 0.2) is 42.2 Å². The molecule has 0 amide bonds. The minimum Gasteiger partial charge on any atom is -0.493 e. The fraction of sp³-hybridized carbons (Fsp3) is 0.333. The van der Waals surface area contributed by atoms with E-state index in [2.05, 4.69) is 0 Å². The lowest BCUT2D eigenvalue weighted by atomic mass is 9.89. The van der Waals surface area contributed by atoms with Gasteiger partial charge >= 0.3 is 5.97 Å². The highest BCUT2D eigenvalue weighted by atomic mass is 16.5. The fourth-order valence-electron chi connectivity index (χ4n) is 3.94. The molecule has 30 heavy (non-hydrogen) atoms. The van der Waals surface area contributed by atoms with Crippen LogP contribution in [0.4, 0.5) is 0 Å². The van der Waals surface area contributed by atoms with E-state index in [0.29, 0.717) is 34.1 Å². The highest BCUT2D eigenvalue weighted by molar-refractivity contribution is 6.14. The molecule has 0 atom stereocenters. The molecular weight excluding hydrogens is 384 g/mol. The first-order valence-corrected chi connectivity index (χ1v) is 10.1. The van der Waals surface area contributed by atoms with Gasteiger partial charge in [-0.15, -0.1) is 0 Å². The van der Waals surface area contributed by atoms with Crippen molar-refractivity contribution in [3.63, 3.8) is 0 Å². The second kappa shape index (κ2) is 8.61. The van der Waals surface area contributed by atoms with E-state index >= 15 is 0 Å². The van der Waals surface area contributed by atoms with Crippen LogP contribution in [0.2, 0.25) is 0 Å². The summed E-state index contributed by atoms with van der Waals surface area (Å²) >= 11 is 0. The Morgan fingerprint density at radius 1 is 1.07 bits per heavy atom. The maximum Gasteiger partial charge on any atom is 0.314 e. The largest absolute Gasteiger partial charge is 0.493 e. The molecule has 1 aliphatic heterocycles. The SMILES string of the molecule is COc1cccc(/C=C2/Oc3cc(OC(=O)C4CCCCC4)ccc3C2=O)c1OC. The minimum absolute atomic E-state index is 0.0504. The molecule has 6 nitrogen and oxygen atoms in total. The van der Waals surface area contributed by atoms with Crippen LogP contribution in [0.5, 0.6) is 23.0 Å². The van der Waals surface area contributed by atoms with Crippen LogP contribution in [0.1, 0.15) is 48.0 Å². The number of ether oxygens (including phenoxy) is 4. The first-order chi connectivity index (χ1) is 14.6. The standard InChI is InChI=1S/C24H24O6/c1-27-19-10-6-9-16(23(19)28-2)13-21-22(25)18-12-11-17(14-20(18)30-21)29-24(26)15-7-4-3-5-8-15/h6,9-15H,3-5,7-8H2,1-2H3/b21-13+. The summed E-state index contributed by atoms with van der Waals surface area (Å²) in [6.07, 6.45) is 6.65. The van der Waals surface area contributed by atoms with E-state index in [0.717, 1.165) is 25.7 Å². The summed E-state index contributed by atoms with van der Waals surface area (Å²) in [7, 11) is 3.09. The fourth-order valence-corrected chi connectivity index (χ4v) is 3.94. The molecule has 4 rings (SSSR count). The van der Waals surface area contributed by atoms with Crippen molar-refractivity contribution >= 4 is 17.8 Å². The third kappa shape index (κ3) is 3.90. The van der Waals surface area contributed by atoms with Crippen LogP contribution in [0.3, 0.4) is 0 Å². The number of esters is 1. The van der Waals surface area contributed by atoms with E-state index in [9.17, 15) is 9.59 Å². The van der Waals surface area contributed by atoms with Gasteiger partial charge in [0.05, 0.1) is 25.7 Å². The average Bonchev–Trinajstić information content (AvgIpc) is 3.08. The van der Waals surface area contributed by atoms with Gasteiger partial charge < -0.3 is 18.9 Å². The van der Waals surface area contributed by atoms with Gasteiger partial charge in [-0.05, 0) is 37.1 Å². The Balaban J connectivity index is 1.55. The molecule has 0 aromatic heterocycles. The Morgan fingerprint density at radius 2 is 1.87 bits per heavy atom. The number of hydrogen-bond donors (Lipinski definition) is 0. The first kappa shape index (κ1) is 20.0. The zero-order valence-electron chi connectivity index (χ0n) is 17.1. The number of hydrogen-bond acceptors (Lipinski definition) is 6. The average molecular weight is 408 g/mol. The van der Waals surface area contributed by atoms with Gasteiger partial charge in [0, 0.05) is 11.6 Å². The van der Waals surface area contributed by atoms with E-state index in [-0.39, 0.29) is 23.4 Å². The molecule has 0 unspecified atom stereocenters. The molecule has 0 N–H and O–H groups in total. The Hall–Kier alpha value is -3.28. The molecule has 2 aliphatic rings. The highest BCUT2D eigenvalue weighted by Gasteiger charge is 2.29. The topological polar surface area (TPSA) is 71.1 Å². The zero-order valence-corrected chi connectivity index (χ0v) is 17.1. The van der Waals surface area contributed by atoms with Crippen molar-refractivity contribution in [1.29, 1.82) is 0 Å². The maximum atomic E-state index is 12.8. The summed E-state index contributed by atoms with van der Waals surface area (Å²) < 4.78 is 22.1. The smallest absolute Gasteiger partial charge is 0.314 e. The minimum atomic E-state index is -0.236. The van der Waals surface area contributed by atoms with Crippen molar-refractivity contribution in [2.45, 2.75) is 32.1 Å². The number of para-hydroxylation sites is 1. The van der Waals surface area contributed by atoms with Crippen LogP contribution in [-0.2, 0) is 4.79 Å². The predicted octanol–water partition coefficient (Wildman–Crippen LogP) is 4.81. The summed E-state index contributed by atoms with van der Waals surface area (Å²) in [6, 6.07) is 10.3. The number of carbonyl (C=O) groups is 2. The van der Waals surface area contributed by atoms with Crippen molar-refractivity contribution in [1.82, 2.24) is 0 Å². The summed E-state index contributed by atoms with van der Waals surface area (Å²) in [5.74, 6) is 1.52. The first-order valence-electron chi connectivity index (χ1n) is 10.1. The molecular formula is C24H24O6. The van der Waals surface area contributed by atoms with Gasteiger partial charge in [0.15, 0.2) is 17.3 Å². The summed E-state index contributed by atoms with van der Waals surface area (Å²) in [4.78, 5) is 25.2. The molecule has 1 saturated carbocycles. The summed E-state index contributed by atoms with van der Waals surface area (Å²) in [5, 5.41) is 0. The highest BCUT2D eigenvalue weighted by Crippen LogP contribution is 2.38. The molecule has 0 spiro atoms. The number of benzene rings is 2. The van der Waals surface area contributed by atoms with Gasteiger partial charge in [-0.1, -0.05) is 31.4 Å². The molecule has 0 bridgehead atoms. The number of allylic oxidation sites excluding steroid dienone is 1. The van der Waals surface area contributed by atoms with E-state index in [4.69, 9.17) is 18.9 Å². The third-order valence-corrected chi connectivity index (χ3v) is 5.52. The number of rotatable bonds is 5. The summed E-state index contributed by atoms with van der Waals surface area (Å²) in [5.41, 5.74) is 1.09. The normalized spacial score (nSPS) is 17.4. The van der Waals surface area contributed by atoms with Gasteiger partial charge in [-0.25, -0.2) is 0 Å². The molecule has 1 aliphatic carbocycles. The van der Waals surface area contributed by atoms with E-state index in [1.807, 2.05) is 12.1 Å². The number of methoxy groups -OCH3 is 2. The van der Waals surface area contributed by atoms with Crippen molar-refractivity contribution in [3.8, 4) is 23.0 Å². The summed E-state index contributed by atoms with van der Waals surface area (Å²) in [6.45, 7) is 0. The third-order valence-electron chi connectivity index (χ3n) is 5.52. The molecule has 0 radical (unpaired) electrons. The molecule has 0 saturated heterocycles. The van der Waals surface area contributed by atoms with E-state index in [1.165, 1.54) is 6.42 Å². The Morgan fingerprint density at radius 3 is 2.60 bits per heavy atom. The van der Waals surface area contributed by atoms with Crippen molar-refractivity contribution in [2.24, 2.45) is 5.92 Å². The van der Waals surface area contributed by atoms with Crippen LogP contribution in [-0.4, -0.2) is 26.0 Å². The predicted molar refractivity (Wildman–Crippen MR) is 111 cm³/mol. The Kier molecular flexibility index (Phi) is 5.74. The van der Waals surface area contributed by atoms with E-state index in [1.54, 1.807) is 44.6 Å². The van der Waals surface area contributed by atoms with Gasteiger partial charge in [-0.3, -0.25) is 9.59 Å². The van der Waals surface area contributed by atoms with Crippen molar-refractivity contribution in [2.75, 3.05) is 14.2 Å². The van der Waals surface area contributed by atoms with Crippen LogP contribution >= 0.6 is 0 Å². The van der Waals surface area contributed by atoms with Gasteiger partial charge in [0.2, 0.25) is 5.78 Å². The van der Waals surface area contributed by atoms with Crippen molar-refractivity contribution in [3.05, 3.63) is 53.3 Å². The van der Waals surface area contributed by atoms with Crippen LogP contribution in [0, 0.1) is 5.92 Å². The molecule has 2 aromatic rings. The monoisotopic (exact) mass is 408 g/mol. The van der Waals surface area contributed by atoms with E-state index < -0.39 is 0 Å². The second-order valence-corrected chi connectivity index (χ2v) is 7.44. The molecule has 1 heterocycles. The van der Waals surface area contributed by atoms with Gasteiger partial charge in [0.1, 0.15) is 11.5 Å². The van der Waals surface area contributed by atoms with Gasteiger partial charge in [-0.2, -0.15) is 0 Å². The number of carbonyl (C=O) groups excluding carboxylic acids is 2. The zero-order chi connectivity index (χ0) is 21.1. The lowest BCUT2D eigenvalue weighted by molar-refractivity contribution is -0.139. The number of ketones is 1. The number of fused-ring (bicyclic) bond motifs is 1. The molecule has 2 aromatic carbocycles. The Labute approximate surface area is 175 Å². The number of Topliss-reactive ketones (excluding diaryl/α,β-unsaturated/α-hetero) is 1. The van der Waals surface area contributed by atoms with Crippen LogP contribution in [0.25, 0.3) is 6.08 Å². The molecule has 1 fully saturated rings. The second-order valence-electron chi connectivity index (χ2n) is 7.44. The lowest BCUT2D eigenvalue weighted by Gasteiger charge is -2.19. The molecule has 156 valence electrons.